The van der Waals surface area contributed by atoms with Crippen molar-refractivity contribution >= 4 is 17.2 Å². The molecule has 0 bridgehead atoms. The average Bonchev–Trinajstić information content (AvgIpc) is 3.29. The molecule has 1 unspecified atom stereocenters. The minimum absolute atomic E-state index is 0.0349. The number of benzene rings is 1. The van der Waals surface area contributed by atoms with Gasteiger partial charge in [0.2, 0.25) is 0 Å². The maximum atomic E-state index is 12.3. The Morgan fingerprint density at radius 2 is 2.13 bits per heavy atom. The molecule has 0 saturated heterocycles. The van der Waals surface area contributed by atoms with Crippen LogP contribution >= 0.6 is 11.3 Å². The first-order valence-electron chi connectivity index (χ1n) is 7.09. The first-order chi connectivity index (χ1) is 11.3. The molecule has 1 N–H and O–H groups in total. The summed E-state index contributed by atoms with van der Waals surface area (Å²) < 4.78 is 1.84. The maximum Gasteiger partial charge on any atom is 0.251 e. The highest BCUT2D eigenvalue weighted by molar-refractivity contribution is 7.10. The highest BCUT2D eigenvalue weighted by atomic mass is 32.1. The lowest BCUT2D eigenvalue weighted by molar-refractivity contribution is 0.0949. The lowest BCUT2D eigenvalue weighted by atomic mass is 10.1. The molecule has 1 aromatic carbocycles. The van der Waals surface area contributed by atoms with Crippen LogP contribution in [0.25, 0.3) is 0 Å². The second kappa shape index (κ2) is 6.90. The van der Waals surface area contributed by atoms with Crippen molar-refractivity contribution in [2.24, 2.45) is 0 Å². The van der Waals surface area contributed by atoms with Gasteiger partial charge in [-0.25, -0.2) is 0 Å². The number of hydrogen-bond donors (Lipinski definition) is 1. The number of amides is 1. The van der Waals surface area contributed by atoms with E-state index in [1.165, 1.54) is 0 Å². The zero-order valence-corrected chi connectivity index (χ0v) is 13.0. The molecule has 114 valence electrons. The van der Waals surface area contributed by atoms with E-state index in [4.69, 9.17) is 5.26 Å². The number of nitrogens with zero attached hydrogens (tertiary/aromatic N) is 3. The van der Waals surface area contributed by atoms with Crippen LogP contribution in [0.1, 0.15) is 26.8 Å². The minimum atomic E-state index is -0.164. The second-order valence-corrected chi connectivity index (χ2v) is 5.90. The smallest absolute Gasteiger partial charge is 0.251 e. The number of nitriles is 1. The summed E-state index contributed by atoms with van der Waals surface area (Å²) in [6.45, 7) is 0.445. The molecule has 1 atom stereocenters. The summed E-state index contributed by atoms with van der Waals surface area (Å²) in [5.41, 5.74) is 1.07. The minimum Gasteiger partial charge on any atom is -0.350 e. The summed E-state index contributed by atoms with van der Waals surface area (Å²) >= 11 is 1.63. The van der Waals surface area contributed by atoms with Gasteiger partial charge in [-0.1, -0.05) is 6.07 Å². The Morgan fingerprint density at radius 1 is 1.30 bits per heavy atom. The van der Waals surface area contributed by atoms with Crippen LogP contribution < -0.4 is 5.32 Å². The molecule has 3 aromatic rings. The van der Waals surface area contributed by atoms with Crippen molar-refractivity contribution in [1.29, 1.82) is 5.26 Å². The van der Waals surface area contributed by atoms with Gasteiger partial charge >= 0.3 is 0 Å². The summed E-state index contributed by atoms with van der Waals surface area (Å²) in [5, 5.41) is 18.0. The van der Waals surface area contributed by atoms with Crippen LogP contribution in [0.3, 0.4) is 0 Å². The van der Waals surface area contributed by atoms with E-state index >= 15 is 0 Å². The van der Waals surface area contributed by atoms with E-state index in [0.29, 0.717) is 17.7 Å². The molecule has 1 amide bonds. The molecule has 0 aliphatic heterocycles. The number of carbonyl (C=O) groups excluding carboxylic acids is 1. The average molecular weight is 322 g/mol. The summed E-state index contributed by atoms with van der Waals surface area (Å²) in [7, 11) is 0. The Morgan fingerprint density at radius 3 is 2.74 bits per heavy atom. The van der Waals surface area contributed by atoms with Crippen LogP contribution in [0.5, 0.6) is 0 Å². The zero-order chi connectivity index (χ0) is 16.1. The van der Waals surface area contributed by atoms with Crippen LogP contribution in [-0.4, -0.2) is 22.2 Å². The molecule has 3 rings (SSSR count). The van der Waals surface area contributed by atoms with Gasteiger partial charge in [-0.3, -0.25) is 9.48 Å². The van der Waals surface area contributed by atoms with E-state index in [1.54, 1.807) is 41.8 Å². The van der Waals surface area contributed by atoms with Crippen molar-refractivity contribution in [3.63, 3.8) is 0 Å². The fourth-order valence-electron chi connectivity index (χ4n) is 2.26. The van der Waals surface area contributed by atoms with Crippen molar-refractivity contribution in [2.75, 3.05) is 6.54 Å². The normalized spacial score (nSPS) is 11.6. The molecule has 6 heteroatoms. The Labute approximate surface area is 137 Å². The molecule has 0 saturated carbocycles. The van der Waals surface area contributed by atoms with Gasteiger partial charge in [0.1, 0.15) is 6.04 Å². The fourth-order valence-corrected chi connectivity index (χ4v) is 3.08. The van der Waals surface area contributed by atoms with Crippen molar-refractivity contribution in [3.05, 3.63) is 76.2 Å². The van der Waals surface area contributed by atoms with Gasteiger partial charge in [0.25, 0.3) is 5.91 Å². The molecule has 0 aliphatic rings. The summed E-state index contributed by atoms with van der Waals surface area (Å²) in [4.78, 5) is 13.4. The highest BCUT2D eigenvalue weighted by Crippen LogP contribution is 2.22. The van der Waals surface area contributed by atoms with Crippen molar-refractivity contribution in [1.82, 2.24) is 15.1 Å². The van der Waals surface area contributed by atoms with Crippen LogP contribution in [0, 0.1) is 11.3 Å². The summed E-state index contributed by atoms with van der Waals surface area (Å²) in [6.07, 6.45) is 3.61. The van der Waals surface area contributed by atoms with E-state index in [-0.39, 0.29) is 11.9 Å². The standard InChI is InChI=1S/C17H14N4OS/c18-11-13-4-6-14(7-5-13)17(22)19-12-15(16-3-1-10-23-16)21-9-2-8-20-21/h1-10,15H,12H2,(H,19,22). The summed E-state index contributed by atoms with van der Waals surface area (Å²) in [6, 6.07) is 14.5. The Hall–Kier alpha value is -2.91. The van der Waals surface area contributed by atoms with Crippen molar-refractivity contribution in [2.45, 2.75) is 6.04 Å². The van der Waals surface area contributed by atoms with Crippen molar-refractivity contribution < 1.29 is 4.79 Å². The van der Waals surface area contributed by atoms with E-state index in [9.17, 15) is 4.79 Å². The molecular formula is C17H14N4OS. The summed E-state index contributed by atoms with van der Waals surface area (Å²) in [5.74, 6) is -0.164. The molecular weight excluding hydrogens is 308 g/mol. The lowest BCUT2D eigenvalue weighted by Crippen LogP contribution is -2.31. The molecule has 0 aliphatic carbocycles. The third-order valence-corrected chi connectivity index (χ3v) is 4.42. The first-order valence-corrected chi connectivity index (χ1v) is 7.97. The molecule has 0 spiro atoms. The number of nitrogens with one attached hydrogen (secondary N) is 1. The molecule has 2 aromatic heterocycles. The number of carbonyl (C=O) groups is 1. The number of thiophene rings is 1. The molecule has 0 fully saturated rings. The van der Waals surface area contributed by atoms with Gasteiger partial charge in [-0.05, 0) is 41.8 Å². The molecule has 2 heterocycles. The van der Waals surface area contributed by atoms with Gasteiger partial charge in [-0.15, -0.1) is 11.3 Å². The second-order valence-electron chi connectivity index (χ2n) is 4.92. The third-order valence-electron chi connectivity index (χ3n) is 3.45. The molecule has 23 heavy (non-hydrogen) atoms. The lowest BCUT2D eigenvalue weighted by Gasteiger charge is -2.17. The van der Waals surface area contributed by atoms with Gasteiger partial charge < -0.3 is 5.32 Å². The third kappa shape index (κ3) is 3.47. The van der Waals surface area contributed by atoms with Crippen LogP contribution in [-0.2, 0) is 0 Å². The predicted molar refractivity (Wildman–Crippen MR) is 88.2 cm³/mol. The van der Waals surface area contributed by atoms with E-state index < -0.39 is 0 Å². The SMILES string of the molecule is N#Cc1ccc(C(=O)NCC(c2cccs2)n2cccn2)cc1. The van der Waals surface area contributed by atoms with Gasteiger partial charge in [0.15, 0.2) is 0 Å². The van der Waals surface area contributed by atoms with Gasteiger partial charge in [-0.2, -0.15) is 10.4 Å². The van der Waals surface area contributed by atoms with E-state index in [1.807, 2.05) is 40.5 Å². The van der Waals surface area contributed by atoms with E-state index in [0.717, 1.165) is 4.88 Å². The maximum absolute atomic E-state index is 12.3. The molecule has 5 nitrogen and oxygen atoms in total. The Balaban J connectivity index is 1.71. The number of aromatic nitrogens is 2. The molecule has 0 radical (unpaired) electrons. The largest absolute Gasteiger partial charge is 0.350 e. The predicted octanol–water partition coefficient (Wildman–Crippen LogP) is 2.84. The van der Waals surface area contributed by atoms with Crippen LogP contribution in [0.15, 0.2) is 60.2 Å². The number of hydrogen-bond acceptors (Lipinski definition) is 4. The first kappa shape index (κ1) is 15.0. The fraction of sp³-hybridized carbons (Fsp3) is 0.118. The topological polar surface area (TPSA) is 70.7 Å². The van der Waals surface area contributed by atoms with E-state index in [2.05, 4.69) is 10.4 Å². The monoisotopic (exact) mass is 322 g/mol. The number of rotatable bonds is 5. The Bertz CT molecular complexity index is 767. The highest BCUT2D eigenvalue weighted by Gasteiger charge is 2.16. The van der Waals surface area contributed by atoms with Crippen LogP contribution in [0.2, 0.25) is 0 Å². The van der Waals surface area contributed by atoms with Crippen molar-refractivity contribution in [3.8, 4) is 6.07 Å². The Kier molecular flexibility index (Phi) is 4.50. The van der Waals surface area contributed by atoms with Gasteiger partial charge in [0, 0.05) is 29.4 Å². The van der Waals surface area contributed by atoms with Crippen LogP contribution in [0.4, 0.5) is 0 Å². The van der Waals surface area contributed by atoms with Gasteiger partial charge in [0.05, 0.1) is 11.6 Å². The quantitative estimate of drug-likeness (QED) is 0.785. The zero-order valence-electron chi connectivity index (χ0n) is 12.2.